The lowest BCUT2D eigenvalue weighted by atomic mass is 9.98. The van der Waals surface area contributed by atoms with Crippen molar-refractivity contribution in [3.05, 3.63) is 11.7 Å². The lowest BCUT2D eigenvalue weighted by Crippen LogP contribution is -2.41. The van der Waals surface area contributed by atoms with Crippen LogP contribution in [0.2, 0.25) is 0 Å². The predicted molar refractivity (Wildman–Crippen MR) is 69.3 cm³/mol. The minimum Gasteiger partial charge on any atom is -0.337 e. The number of carbonyl (C=O) groups is 1. The Kier molecular flexibility index (Phi) is 3.53. The van der Waals surface area contributed by atoms with Crippen LogP contribution in [0.15, 0.2) is 4.52 Å². The third-order valence-corrected chi connectivity index (χ3v) is 4.32. The quantitative estimate of drug-likeness (QED) is 0.823. The number of likely N-dealkylation sites (tertiary alicyclic amines) is 1. The normalized spacial score (nSPS) is 24.9. The number of rotatable bonds is 2. The molecule has 1 aliphatic carbocycles. The fourth-order valence-corrected chi connectivity index (χ4v) is 3.31. The van der Waals surface area contributed by atoms with Gasteiger partial charge in [-0.15, -0.1) is 0 Å². The molecule has 1 atom stereocenters. The summed E-state index contributed by atoms with van der Waals surface area (Å²) in [5.41, 5.74) is 0. The van der Waals surface area contributed by atoms with Crippen LogP contribution in [0.25, 0.3) is 0 Å². The molecule has 5 nitrogen and oxygen atoms in total. The number of nitrogens with zero attached hydrogens (tertiary/aromatic N) is 3. The van der Waals surface area contributed by atoms with Crippen molar-refractivity contribution in [2.24, 2.45) is 5.92 Å². The molecule has 0 spiro atoms. The second-order valence-electron chi connectivity index (χ2n) is 5.70. The Bertz CT molecular complexity index is 451. The first kappa shape index (κ1) is 12.6. The summed E-state index contributed by atoms with van der Waals surface area (Å²) in [5.74, 6) is 1.79. The van der Waals surface area contributed by atoms with Crippen LogP contribution in [0.5, 0.6) is 0 Å². The van der Waals surface area contributed by atoms with Crippen molar-refractivity contribution in [2.45, 2.75) is 57.9 Å². The highest BCUT2D eigenvalue weighted by molar-refractivity contribution is 5.79. The van der Waals surface area contributed by atoms with Crippen LogP contribution in [0.3, 0.4) is 0 Å². The zero-order valence-corrected chi connectivity index (χ0v) is 11.5. The monoisotopic (exact) mass is 263 g/mol. The van der Waals surface area contributed by atoms with Gasteiger partial charge in [0, 0.05) is 12.5 Å². The number of hydrogen-bond donors (Lipinski definition) is 0. The topological polar surface area (TPSA) is 59.2 Å². The molecule has 2 fully saturated rings. The molecule has 1 aromatic rings. The van der Waals surface area contributed by atoms with Crippen molar-refractivity contribution in [1.82, 2.24) is 15.0 Å². The summed E-state index contributed by atoms with van der Waals surface area (Å²) < 4.78 is 5.29. The third kappa shape index (κ3) is 2.51. The maximum Gasteiger partial charge on any atom is 0.249 e. The van der Waals surface area contributed by atoms with Gasteiger partial charge < -0.3 is 9.42 Å². The molecule has 1 aliphatic heterocycles. The second-order valence-corrected chi connectivity index (χ2v) is 5.70. The van der Waals surface area contributed by atoms with E-state index in [1.165, 1.54) is 12.8 Å². The summed E-state index contributed by atoms with van der Waals surface area (Å²) in [5, 5.41) is 3.86. The molecule has 1 unspecified atom stereocenters. The first-order valence-corrected chi connectivity index (χ1v) is 7.36. The van der Waals surface area contributed by atoms with Crippen LogP contribution in [0.4, 0.5) is 0 Å². The largest absolute Gasteiger partial charge is 0.337 e. The van der Waals surface area contributed by atoms with E-state index in [-0.39, 0.29) is 12.0 Å². The molecule has 2 aliphatic rings. The average molecular weight is 263 g/mol. The Morgan fingerprint density at radius 3 is 2.63 bits per heavy atom. The van der Waals surface area contributed by atoms with E-state index in [0.29, 0.717) is 17.6 Å². The molecule has 0 radical (unpaired) electrons. The molecule has 104 valence electrons. The van der Waals surface area contributed by atoms with E-state index in [2.05, 4.69) is 10.1 Å². The van der Waals surface area contributed by atoms with Gasteiger partial charge in [0.2, 0.25) is 11.8 Å². The van der Waals surface area contributed by atoms with E-state index in [4.69, 9.17) is 4.52 Å². The third-order valence-electron chi connectivity index (χ3n) is 4.32. The predicted octanol–water partition coefficient (Wildman–Crippen LogP) is 2.62. The van der Waals surface area contributed by atoms with Crippen molar-refractivity contribution >= 4 is 5.91 Å². The van der Waals surface area contributed by atoms with Gasteiger partial charge in [-0.05, 0) is 39.0 Å². The van der Waals surface area contributed by atoms with Crippen LogP contribution in [0.1, 0.15) is 62.7 Å². The van der Waals surface area contributed by atoms with Crippen LogP contribution in [-0.2, 0) is 4.79 Å². The number of amides is 1. The Hall–Kier alpha value is -1.39. The van der Waals surface area contributed by atoms with Crippen LogP contribution in [-0.4, -0.2) is 27.5 Å². The molecule has 1 saturated carbocycles. The molecular formula is C14H21N3O2. The van der Waals surface area contributed by atoms with Crippen LogP contribution < -0.4 is 0 Å². The smallest absolute Gasteiger partial charge is 0.249 e. The Morgan fingerprint density at radius 2 is 1.95 bits per heavy atom. The Labute approximate surface area is 113 Å². The van der Waals surface area contributed by atoms with E-state index in [9.17, 15) is 4.79 Å². The number of aryl methyl sites for hydroxylation is 1. The van der Waals surface area contributed by atoms with E-state index >= 15 is 0 Å². The zero-order chi connectivity index (χ0) is 13.2. The highest BCUT2D eigenvalue weighted by atomic mass is 16.5. The van der Waals surface area contributed by atoms with Gasteiger partial charge >= 0.3 is 0 Å². The highest BCUT2D eigenvalue weighted by Gasteiger charge is 2.35. The van der Waals surface area contributed by atoms with Crippen LogP contribution in [0, 0.1) is 12.8 Å². The maximum atomic E-state index is 12.6. The maximum absolute atomic E-state index is 12.6. The van der Waals surface area contributed by atoms with Gasteiger partial charge in [-0.2, -0.15) is 4.98 Å². The first-order valence-electron chi connectivity index (χ1n) is 7.36. The van der Waals surface area contributed by atoms with Gasteiger partial charge in [0.15, 0.2) is 5.82 Å². The molecule has 0 N–H and O–H groups in total. The van der Waals surface area contributed by atoms with Crippen LogP contribution >= 0.6 is 0 Å². The van der Waals surface area contributed by atoms with E-state index < -0.39 is 0 Å². The lowest BCUT2D eigenvalue weighted by molar-refractivity contribution is -0.140. The average Bonchev–Trinajstić information content (AvgIpc) is 3.09. The molecule has 0 aromatic carbocycles. The van der Waals surface area contributed by atoms with E-state index in [1.807, 2.05) is 11.8 Å². The summed E-state index contributed by atoms with van der Waals surface area (Å²) in [6.07, 6.45) is 7.63. The SMILES string of the molecule is Cc1noc(C2CCCCN2C(=O)C2CCCC2)n1. The molecule has 19 heavy (non-hydrogen) atoms. The van der Waals surface area contributed by atoms with E-state index in [1.54, 1.807) is 0 Å². The van der Waals surface area contributed by atoms with Crippen molar-refractivity contribution in [1.29, 1.82) is 0 Å². The molecule has 0 bridgehead atoms. The van der Waals surface area contributed by atoms with Crippen molar-refractivity contribution in [2.75, 3.05) is 6.54 Å². The molecule has 1 amide bonds. The summed E-state index contributed by atoms with van der Waals surface area (Å²) in [7, 11) is 0. The van der Waals surface area contributed by atoms with Gasteiger partial charge in [0.25, 0.3) is 0 Å². The first-order chi connectivity index (χ1) is 9.25. The summed E-state index contributed by atoms with van der Waals surface area (Å²) in [4.78, 5) is 18.9. The van der Waals surface area contributed by atoms with Gasteiger partial charge in [0.05, 0.1) is 0 Å². The van der Waals surface area contributed by atoms with Gasteiger partial charge in [-0.3, -0.25) is 4.79 Å². The molecule has 1 saturated heterocycles. The summed E-state index contributed by atoms with van der Waals surface area (Å²) >= 11 is 0. The number of piperidine rings is 1. The molecule has 3 rings (SSSR count). The number of aromatic nitrogens is 2. The molecule has 2 heterocycles. The minimum atomic E-state index is 0.00282. The Balaban J connectivity index is 1.78. The van der Waals surface area contributed by atoms with Gasteiger partial charge in [0.1, 0.15) is 6.04 Å². The summed E-state index contributed by atoms with van der Waals surface area (Å²) in [6.45, 7) is 2.65. The molecule has 1 aromatic heterocycles. The Morgan fingerprint density at radius 1 is 1.21 bits per heavy atom. The lowest BCUT2D eigenvalue weighted by Gasteiger charge is -2.35. The van der Waals surface area contributed by atoms with E-state index in [0.717, 1.165) is 38.6 Å². The van der Waals surface area contributed by atoms with Crippen molar-refractivity contribution in [3.8, 4) is 0 Å². The van der Waals surface area contributed by atoms with Gasteiger partial charge in [-0.25, -0.2) is 0 Å². The summed E-state index contributed by atoms with van der Waals surface area (Å²) in [6, 6.07) is 0.00282. The fraction of sp³-hybridized carbons (Fsp3) is 0.786. The number of hydrogen-bond acceptors (Lipinski definition) is 4. The minimum absolute atomic E-state index is 0.00282. The van der Waals surface area contributed by atoms with Crippen molar-refractivity contribution < 1.29 is 9.32 Å². The number of carbonyl (C=O) groups excluding carboxylic acids is 1. The van der Waals surface area contributed by atoms with Crippen molar-refractivity contribution in [3.63, 3.8) is 0 Å². The molecule has 5 heteroatoms. The van der Waals surface area contributed by atoms with Gasteiger partial charge in [-0.1, -0.05) is 18.0 Å². The molecular weight excluding hydrogens is 242 g/mol. The highest BCUT2D eigenvalue weighted by Crippen LogP contribution is 2.34. The second kappa shape index (κ2) is 5.31. The zero-order valence-electron chi connectivity index (χ0n) is 11.5. The fourth-order valence-electron chi connectivity index (χ4n) is 3.31. The standard InChI is InChI=1S/C14H21N3O2/c1-10-15-13(19-16-10)12-8-4-5-9-17(12)14(18)11-6-2-3-7-11/h11-12H,2-9H2,1H3.